The minimum absolute atomic E-state index is 0.486. The van der Waals surface area contributed by atoms with E-state index in [0.717, 1.165) is 0 Å². The molecule has 0 saturated heterocycles. The zero-order valence-corrected chi connectivity index (χ0v) is 11.2. The molecule has 1 aromatic heterocycles. The summed E-state index contributed by atoms with van der Waals surface area (Å²) >= 11 is 0. The van der Waals surface area contributed by atoms with Gasteiger partial charge in [0.15, 0.2) is 0 Å². The van der Waals surface area contributed by atoms with Crippen LogP contribution < -0.4 is 10.1 Å². The molecule has 0 aliphatic carbocycles. The van der Waals surface area contributed by atoms with Crippen molar-refractivity contribution in [2.24, 2.45) is 4.36 Å². The first-order valence-electron chi connectivity index (χ1n) is 5.33. The van der Waals surface area contributed by atoms with Gasteiger partial charge in [0.05, 0.1) is 13.2 Å². The normalized spacial score (nSPS) is 11.0. The van der Waals surface area contributed by atoms with Crippen molar-refractivity contribution in [2.75, 3.05) is 37.5 Å². The van der Waals surface area contributed by atoms with Crippen LogP contribution in [0.15, 0.2) is 16.8 Å². The maximum Gasteiger partial charge on any atom is 0.218 e. The molecule has 0 saturated carbocycles. The highest BCUT2D eigenvalue weighted by Crippen LogP contribution is 2.10. The molecule has 1 rings (SSSR count). The highest BCUT2D eigenvalue weighted by Gasteiger charge is 1.98. The Kier molecular flexibility index (Phi) is 5.14. The van der Waals surface area contributed by atoms with Gasteiger partial charge in [0.1, 0.15) is 12.1 Å². The summed E-state index contributed by atoms with van der Waals surface area (Å²) in [7, 11) is -2.02. The van der Waals surface area contributed by atoms with Crippen LogP contribution in [0.2, 0.25) is 0 Å². The summed E-state index contributed by atoms with van der Waals surface area (Å²) in [5, 5.41) is 3.07. The predicted octanol–water partition coefficient (Wildman–Crippen LogP) is 1.01. The molecule has 7 heteroatoms. The number of aromatic nitrogens is 2. The van der Waals surface area contributed by atoms with Crippen LogP contribution >= 0.6 is 0 Å². The zero-order valence-electron chi connectivity index (χ0n) is 10.3. The Morgan fingerprint density at radius 2 is 2.24 bits per heavy atom. The van der Waals surface area contributed by atoms with Crippen LogP contribution in [0.1, 0.15) is 6.92 Å². The lowest BCUT2D eigenvalue weighted by atomic mass is 10.5. The largest absolute Gasteiger partial charge is 0.478 e. The van der Waals surface area contributed by atoms with Gasteiger partial charge in [-0.25, -0.2) is 14.3 Å². The van der Waals surface area contributed by atoms with Gasteiger partial charge in [-0.2, -0.15) is 0 Å². The van der Waals surface area contributed by atoms with Crippen LogP contribution in [0.3, 0.4) is 0 Å². The Labute approximate surface area is 102 Å². The Hall–Kier alpha value is -1.37. The third-order valence-electron chi connectivity index (χ3n) is 1.75. The summed E-state index contributed by atoms with van der Waals surface area (Å²) < 4.78 is 20.6. The Balaban J connectivity index is 2.47. The lowest BCUT2D eigenvalue weighted by Crippen LogP contribution is -2.08. The third kappa shape index (κ3) is 6.06. The van der Waals surface area contributed by atoms with E-state index in [1.165, 1.54) is 6.33 Å². The molecule has 1 aromatic rings. The molecule has 0 amide bonds. The van der Waals surface area contributed by atoms with Gasteiger partial charge in [-0.3, -0.25) is 4.21 Å². The van der Waals surface area contributed by atoms with Crippen LogP contribution in [0.4, 0.5) is 5.82 Å². The molecule has 0 aromatic carbocycles. The molecular weight excluding hydrogens is 240 g/mol. The van der Waals surface area contributed by atoms with Crippen molar-refractivity contribution in [3.8, 4) is 5.88 Å². The van der Waals surface area contributed by atoms with E-state index in [-0.39, 0.29) is 0 Å². The van der Waals surface area contributed by atoms with Gasteiger partial charge in [0.25, 0.3) is 0 Å². The van der Waals surface area contributed by atoms with E-state index in [1.807, 2.05) is 6.92 Å². The van der Waals surface area contributed by atoms with E-state index >= 15 is 0 Å². The number of nitrogens with zero attached hydrogens (tertiary/aromatic N) is 3. The second-order valence-corrected chi connectivity index (χ2v) is 6.26. The topological polar surface area (TPSA) is 76.5 Å². The molecule has 0 radical (unpaired) electrons. The SMILES string of the molecule is CCOc1cc(NCCN=S(C)(C)=O)ncn1. The van der Waals surface area contributed by atoms with Crippen LogP contribution in [0.25, 0.3) is 0 Å². The number of hydrogen-bond acceptors (Lipinski definition) is 6. The van der Waals surface area contributed by atoms with E-state index < -0.39 is 9.73 Å². The highest BCUT2D eigenvalue weighted by atomic mass is 32.2. The molecule has 0 bridgehead atoms. The van der Waals surface area contributed by atoms with Gasteiger partial charge in [0.2, 0.25) is 5.88 Å². The van der Waals surface area contributed by atoms with Crippen LogP contribution in [0, 0.1) is 0 Å². The molecule has 1 heterocycles. The van der Waals surface area contributed by atoms with E-state index in [9.17, 15) is 4.21 Å². The maximum atomic E-state index is 11.3. The van der Waals surface area contributed by atoms with Crippen molar-refractivity contribution in [1.29, 1.82) is 0 Å². The Morgan fingerprint density at radius 3 is 2.88 bits per heavy atom. The van der Waals surface area contributed by atoms with E-state index in [2.05, 4.69) is 19.6 Å². The quantitative estimate of drug-likeness (QED) is 0.771. The predicted molar refractivity (Wildman–Crippen MR) is 69.0 cm³/mol. The molecule has 6 nitrogen and oxygen atoms in total. The fourth-order valence-electron chi connectivity index (χ4n) is 1.11. The summed E-state index contributed by atoms with van der Waals surface area (Å²) in [4.78, 5) is 7.99. The minimum atomic E-state index is -2.02. The smallest absolute Gasteiger partial charge is 0.218 e. The molecule has 1 N–H and O–H groups in total. The standard InChI is InChI=1S/C10H18N4O2S/c1-4-16-10-7-9(12-8-13-10)11-5-6-14-17(2,3)15/h7-8H,4-6H2,1-3H3,(H,11,12,13). The van der Waals surface area contributed by atoms with Crippen LogP contribution in [-0.2, 0) is 9.73 Å². The number of hydrogen-bond donors (Lipinski definition) is 1. The van der Waals surface area contributed by atoms with Gasteiger partial charge in [0, 0.05) is 34.9 Å². The number of anilines is 1. The lowest BCUT2D eigenvalue weighted by molar-refractivity contribution is 0.326. The summed E-state index contributed by atoms with van der Waals surface area (Å²) in [6.07, 6.45) is 4.67. The Bertz CT molecular complexity index is 461. The first-order valence-corrected chi connectivity index (χ1v) is 7.66. The van der Waals surface area contributed by atoms with Gasteiger partial charge in [-0.15, -0.1) is 0 Å². The van der Waals surface area contributed by atoms with Crippen LogP contribution in [-0.4, -0.2) is 46.4 Å². The molecule has 0 spiro atoms. The molecule has 0 aliphatic rings. The van der Waals surface area contributed by atoms with Crippen molar-refractivity contribution in [3.05, 3.63) is 12.4 Å². The first kappa shape index (κ1) is 13.7. The fourth-order valence-corrected chi connectivity index (χ4v) is 1.64. The van der Waals surface area contributed by atoms with Crippen molar-refractivity contribution >= 4 is 15.5 Å². The second kappa shape index (κ2) is 6.39. The second-order valence-electron chi connectivity index (χ2n) is 3.64. The fraction of sp³-hybridized carbons (Fsp3) is 0.600. The summed E-state index contributed by atoms with van der Waals surface area (Å²) in [5.74, 6) is 1.22. The summed E-state index contributed by atoms with van der Waals surface area (Å²) in [6.45, 7) is 3.54. The van der Waals surface area contributed by atoms with Crippen molar-refractivity contribution in [3.63, 3.8) is 0 Å². The minimum Gasteiger partial charge on any atom is -0.478 e. The molecule has 96 valence electrons. The molecule has 0 atom stereocenters. The zero-order chi connectivity index (χ0) is 12.7. The van der Waals surface area contributed by atoms with Crippen molar-refractivity contribution < 1.29 is 8.95 Å². The van der Waals surface area contributed by atoms with Gasteiger partial charge in [-0.1, -0.05) is 0 Å². The van der Waals surface area contributed by atoms with E-state index in [0.29, 0.717) is 31.4 Å². The molecule has 0 unspecified atom stereocenters. The number of ether oxygens (including phenoxy) is 1. The van der Waals surface area contributed by atoms with Crippen LogP contribution in [0.5, 0.6) is 5.88 Å². The highest BCUT2D eigenvalue weighted by molar-refractivity contribution is 7.92. The summed E-state index contributed by atoms with van der Waals surface area (Å²) in [6, 6.07) is 1.72. The number of nitrogens with one attached hydrogen (secondary N) is 1. The Morgan fingerprint density at radius 1 is 1.47 bits per heavy atom. The number of rotatable bonds is 6. The third-order valence-corrected chi connectivity index (χ3v) is 2.56. The molecule has 0 fully saturated rings. The monoisotopic (exact) mass is 258 g/mol. The summed E-state index contributed by atoms with van der Waals surface area (Å²) in [5.41, 5.74) is 0. The maximum absolute atomic E-state index is 11.3. The van der Waals surface area contributed by atoms with Crippen molar-refractivity contribution in [2.45, 2.75) is 6.92 Å². The average Bonchev–Trinajstić information content (AvgIpc) is 2.24. The average molecular weight is 258 g/mol. The first-order chi connectivity index (χ1) is 8.01. The molecule has 17 heavy (non-hydrogen) atoms. The lowest BCUT2D eigenvalue weighted by Gasteiger charge is -2.05. The molecular formula is C10H18N4O2S. The van der Waals surface area contributed by atoms with Gasteiger partial charge < -0.3 is 10.1 Å². The van der Waals surface area contributed by atoms with Gasteiger partial charge >= 0.3 is 0 Å². The van der Waals surface area contributed by atoms with E-state index in [1.54, 1.807) is 18.6 Å². The van der Waals surface area contributed by atoms with Crippen molar-refractivity contribution in [1.82, 2.24) is 9.97 Å². The van der Waals surface area contributed by atoms with E-state index in [4.69, 9.17) is 4.74 Å². The molecule has 0 aliphatic heterocycles. The van der Waals surface area contributed by atoms with Gasteiger partial charge in [-0.05, 0) is 6.92 Å².